The zero-order valence-electron chi connectivity index (χ0n) is 37.9. The predicted octanol–water partition coefficient (Wildman–Crippen LogP) is 17.3. The minimum atomic E-state index is -0.826. The van der Waals surface area contributed by atoms with E-state index < -0.39 is 20.8 Å². The van der Waals surface area contributed by atoms with Crippen LogP contribution in [0.4, 0.5) is 0 Å². The van der Waals surface area contributed by atoms with Crippen LogP contribution >= 0.6 is 17.0 Å². The molecule has 0 amide bonds. The molecule has 0 N–H and O–H groups in total. The fourth-order valence-corrected chi connectivity index (χ4v) is 15.0. The summed E-state index contributed by atoms with van der Waals surface area (Å²) in [6.45, 7) is 8.76. The Bertz CT molecular complexity index is 2160. The summed E-state index contributed by atoms with van der Waals surface area (Å²) in [5.74, 6) is 6.27. The third kappa shape index (κ3) is 9.81. The number of hydrogen-bond acceptors (Lipinski definition) is 0. The van der Waals surface area contributed by atoms with E-state index in [1.54, 1.807) is 49.7 Å². The molecule has 0 aliphatic heterocycles. The van der Waals surface area contributed by atoms with E-state index in [0.29, 0.717) is 10.8 Å². The van der Waals surface area contributed by atoms with Gasteiger partial charge in [0, 0.05) is 9.52 Å². The van der Waals surface area contributed by atoms with Gasteiger partial charge in [-0.05, 0) is 171 Å². The van der Waals surface area contributed by atoms with Gasteiger partial charge in [-0.2, -0.15) is 12.1 Å². The summed E-state index contributed by atoms with van der Waals surface area (Å²) in [7, 11) is 11.0. The van der Waals surface area contributed by atoms with Gasteiger partial charge in [-0.25, -0.2) is 0 Å². The van der Waals surface area contributed by atoms with E-state index >= 15 is 0 Å². The van der Waals surface area contributed by atoms with E-state index in [9.17, 15) is 0 Å². The van der Waals surface area contributed by atoms with Gasteiger partial charge in [-0.15, -0.1) is 69.1 Å². The standard InChI is InChI=1S/2C28H31.C2H6Si.2ClH.Zr/c2*1-2-19-6-8-24(9-7-19)26-5-3-4-25-13-23(14-27(25)26)18-28-15-20-10-21(16-28)12-22(11-20)17-28;1-3-2;;;/h2*3-9,13-14,20-22H,2,10-12,15-18H2,1H3;1-2H3;2*1H;/q2*-1;;;;+4/p-2. The van der Waals surface area contributed by atoms with Crippen LogP contribution in [0.3, 0.4) is 0 Å². The maximum absolute atomic E-state index is 4.93. The van der Waals surface area contributed by atoms with Crippen molar-refractivity contribution in [1.82, 2.24) is 0 Å². The van der Waals surface area contributed by atoms with Gasteiger partial charge in [0.2, 0.25) is 0 Å². The molecule has 2 radical (unpaired) electrons. The summed E-state index contributed by atoms with van der Waals surface area (Å²) in [5.41, 5.74) is 12.8. The molecule has 62 heavy (non-hydrogen) atoms. The second kappa shape index (κ2) is 19.7. The molecule has 8 bridgehead atoms. The first-order valence-electron chi connectivity index (χ1n) is 24.3. The Morgan fingerprint density at radius 1 is 0.516 bits per heavy atom. The molecule has 6 aromatic carbocycles. The fourth-order valence-electron chi connectivity index (χ4n) is 15.0. The van der Waals surface area contributed by atoms with E-state index in [2.05, 4.69) is 136 Å². The molecule has 8 aliphatic rings. The molecule has 0 unspecified atom stereocenters. The van der Waals surface area contributed by atoms with E-state index in [1.807, 2.05) is 0 Å². The molecule has 0 aromatic heterocycles. The average molecular weight is 955 g/mol. The van der Waals surface area contributed by atoms with Crippen LogP contribution in [-0.4, -0.2) is 9.52 Å². The number of fused-ring (bicyclic) bond motifs is 2. The second-order valence-corrected chi connectivity index (χ2v) is 25.9. The van der Waals surface area contributed by atoms with Crippen molar-refractivity contribution in [3.63, 3.8) is 0 Å². The summed E-state index contributed by atoms with van der Waals surface area (Å²) in [5, 5.41) is 5.76. The Hall–Kier alpha value is -2.22. The summed E-state index contributed by atoms with van der Waals surface area (Å²) >= 11 is -0.826. The van der Waals surface area contributed by atoms with E-state index in [1.165, 1.54) is 106 Å². The van der Waals surface area contributed by atoms with Crippen LogP contribution in [0, 0.1) is 46.3 Å². The van der Waals surface area contributed by atoms with Crippen LogP contribution in [0.25, 0.3) is 43.8 Å². The van der Waals surface area contributed by atoms with Crippen molar-refractivity contribution < 1.29 is 20.8 Å². The molecule has 8 saturated carbocycles. The van der Waals surface area contributed by atoms with E-state index in [4.69, 9.17) is 17.0 Å². The van der Waals surface area contributed by atoms with Crippen molar-refractivity contribution in [2.45, 2.75) is 130 Å². The van der Waals surface area contributed by atoms with Gasteiger partial charge in [0.25, 0.3) is 0 Å². The topological polar surface area (TPSA) is 0 Å². The number of benzene rings is 4. The van der Waals surface area contributed by atoms with Gasteiger partial charge < -0.3 is 0 Å². The predicted molar refractivity (Wildman–Crippen MR) is 267 cm³/mol. The van der Waals surface area contributed by atoms with Crippen molar-refractivity contribution >= 4 is 48.1 Å². The normalized spacial score (nSPS) is 28.4. The van der Waals surface area contributed by atoms with Crippen molar-refractivity contribution in [3.05, 3.63) is 131 Å². The Morgan fingerprint density at radius 3 is 1.11 bits per heavy atom. The quantitative estimate of drug-likeness (QED) is 0.105. The second-order valence-electron chi connectivity index (χ2n) is 21.2. The molecule has 0 atom stereocenters. The van der Waals surface area contributed by atoms with Crippen LogP contribution in [0.5, 0.6) is 0 Å². The molecule has 8 fully saturated rings. The summed E-state index contributed by atoms with van der Waals surface area (Å²) in [6, 6.07) is 42.1. The van der Waals surface area contributed by atoms with Crippen molar-refractivity contribution in [1.29, 1.82) is 0 Å². The van der Waals surface area contributed by atoms with Crippen LogP contribution in [0.2, 0.25) is 13.1 Å². The molecular weight excluding hydrogens is 887 g/mol. The molecule has 0 heterocycles. The van der Waals surface area contributed by atoms with Crippen LogP contribution in [0.15, 0.2) is 109 Å². The van der Waals surface area contributed by atoms with Gasteiger partial charge in [0.1, 0.15) is 0 Å². The van der Waals surface area contributed by atoms with Gasteiger partial charge in [-0.3, -0.25) is 0 Å². The van der Waals surface area contributed by atoms with E-state index in [0.717, 1.165) is 57.9 Å². The zero-order chi connectivity index (χ0) is 42.8. The van der Waals surface area contributed by atoms with Gasteiger partial charge in [0.05, 0.1) is 0 Å². The van der Waals surface area contributed by atoms with Crippen molar-refractivity contribution in [3.8, 4) is 22.3 Å². The number of hydrogen-bond donors (Lipinski definition) is 0. The molecule has 0 saturated heterocycles. The van der Waals surface area contributed by atoms with Gasteiger partial charge in [-0.1, -0.05) is 98.7 Å². The molecule has 0 nitrogen and oxygen atoms in total. The minimum absolute atomic E-state index is 0.627. The molecule has 322 valence electrons. The Balaban J connectivity index is 0.000000141. The molecule has 14 rings (SSSR count). The molecule has 8 aliphatic carbocycles. The van der Waals surface area contributed by atoms with Crippen molar-refractivity contribution in [2.24, 2.45) is 46.3 Å². The van der Waals surface area contributed by atoms with Gasteiger partial charge >= 0.3 is 37.9 Å². The molecule has 4 heteroatoms. The Morgan fingerprint density at radius 2 is 0.823 bits per heavy atom. The Kier molecular flexibility index (Phi) is 14.3. The fraction of sp³-hybridized carbons (Fsp3) is 0.483. The SMILES string of the molecule is CCc1ccc(-c2cccc3[cH-]c(CC45CC6CC(CC(C6)C4)C5)cc23)cc1.CCc1ccc(-c2cccc3[cH-]c(CC45CC6CC(CC(C6)C4)C5)cc23)cc1.C[Si]C.[Cl][Zr+2][Cl]. The summed E-state index contributed by atoms with van der Waals surface area (Å²) in [6.07, 6.45) is 23.1. The number of halogens is 2. The first-order chi connectivity index (χ1) is 30.2. The van der Waals surface area contributed by atoms with Gasteiger partial charge in [0.15, 0.2) is 0 Å². The van der Waals surface area contributed by atoms with Crippen LogP contribution in [-0.2, 0) is 46.5 Å². The average Bonchev–Trinajstić information content (AvgIpc) is 3.86. The number of rotatable bonds is 8. The zero-order valence-corrected chi connectivity index (χ0v) is 42.9. The first kappa shape index (κ1) is 45.0. The van der Waals surface area contributed by atoms with Crippen LogP contribution in [0.1, 0.15) is 113 Å². The molecular formula is C58H68Cl2SiZr. The summed E-state index contributed by atoms with van der Waals surface area (Å²) < 4.78 is 0. The summed E-state index contributed by atoms with van der Waals surface area (Å²) in [4.78, 5) is 0. The monoisotopic (exact) mass is 952 g/mol. The third-order valence-corrected chi connectivity index (χ3v) is 16.5. The third-order valence-electron chi connectivity index (χ3n) is 16.5. The van der Waals surface area contributed by atoms with Crippen molar-refractivity contribution in [2.75, 3.05) is 0 Å². The maximum atomic E-state index is 4.93. The van der Waals surface area contributed by atoms with E-state index in [-0.39, 0.29) is 0 Å². The Labute approximate surface area is 395 Å². The number of aryl methyl sites for hydroxylation is 2. The first-order valence-corrected chi connectivity index (χ1v) is 32.7. The van der Waals surface area contributed by atoms with Crippen LogP contribution < -0.4 is 0 Å². The molecule has 0 spiro atoms. The molecule has 6 aromatic rings.